The predicted octanol–water partition coefficient (Wildman–Crippen LogP) is 2.54. The Morgan fingerprint density at radius 1 is 0.889 bits per heavy atom. The smallest absolute Gasteiger partial charge is 0.230 e. The zero-order valence-corrected chi connectivity index (χ0v) is 14.0. The van der Waals surface area contributed by atoms with Gasteiger partial charge in [-0.25, -0.2) is 0 Å². The van der Waals surface area contributed by atoms with Gasteiger partial charge < -0.3 is 4.43 Å². The summed E-state index contributed by atoms with van der Waals surface area (Å²) in [6, 6.07) is 18.7. The van der Waals surface area contributed by atoms with Crippen LogP contribution in [0.5, 0.6) is 5.75 Å². The molecule has 0 bridgehead atoms. The Morgan fingerprint density at radius 2 is 1.61 bits per heavy atom. The van der Waals surface area contributed by atoms with Crippen LogP contribution in [0.1, 0.15) is 16.7 Å². The Hall–Kier alpha value is -0.803. The quantitative estimate of drug-likeness (QED) is 0.772. The van der Waals surface area contributed by atoms with Gasteiger partial charge in [-0.05, 0) is 23.3 Å². The summed E-state index contributed by atoms with van der Waals surface area (Å²) < 4.78 is 5.93. The van der Waals surface area contributed by atoms with Crippen LogP contribution in [0.4, 0.5) is 0 Å². The van der Waals surface area contributed by atoms with Crippen LogP contribution in [0.2, 0.25) is 0 Å². The Kier molecular flexibility index (Phi) is 4.84. The molecule has 0 fully saturated rings. The maximum Gasteiger partial charge on any atom is 0.230 e. The van der Waals surface area contributed by atoms with Gasteiger partial charge in [0.15, 0.2) is 0 Å². The summed E-state index contributed by atoms with van der Waals surface area (Å²) in [6.45, 7) is 0. The first-order chi connectivity index (χ1) is 8.43. The summed E-state index contributed by atoms with van der Waals surface area (Å²) in [4.78, 5) is 0. The fraction of sp³-hybridized carbons (Fsp3) is 0.0667. The molecule has 1 aliphatic carbocycles. The zero-order chi connectivity index (χ0) is 11.5. The van der Waals surface area contributed by atoms with Crippen molar-refractivity contribution in [1.82, 2.24) is 0 Å². The molecule has 0 aromatic heterocycles. The first-order valence-electron chi connectivity index (χ1n) is 5.88. The Labute approximate surface area is 132 Å². The molecule has 3 rings (SSSR count). The van der Waals surface area contributed by atoms with Gasteiger partial charge in [-0.1, -0.05) is 54.6 Å². The largest absolute Gasteiger partial charge is 0.548 e. The van der Waals surface area contributed by atoms with Gasteiger partial charge in [0.2, 0.25) is 9.76 Å². The van der Waals surface area contributed by atoms with Gasteiger partial charge in [0.1, 0.15) is 5.75 Å². The fourth-order valence-corrected chi connectivity index (χ4v) is 3.53. The van der Waals surface area contributed by atoms with Crippen molar-refractivity contribution in [3.05, 3.63) is 71.8 Å². The van der Waals surface area contributed by atoms with Gasteiger partial charge in [0.25, 0.3) is 0 Å². The van der Waals surface area contributed by atoms with Gasteiger partial charge in [-0.15, -0.1) is 0 Å². The number of para-hydroxylation sites is 1. The number of fused-ring (bicyclic) bond motifs is 1. The van der Waals surface area contributed by atoms with Crippen LogP contribution in [0.25, 0.3) is 6.08 Å². The fourth-order valence-electron chi connectivity index (χ4n) is 2.17. The maximum atomic E-state index is 5.93. The number of allylic oxidation sites excluding steroid dienone is 1. The van der Waals surface area contributed by atoms with E-state index < -0.39 is 9.76 Å². The van der Waals surface area contributed by atoms with Crippen LogP contribution >= 0.6 is 0 Å². The van der Waals surface area contributed by atoms with Crippen LogP contribution < -0.4 is 4.43 Å². The van der Waals surface area contributed by atoms with E-state index in [-0.39, 0.29) is 29.6 Å². The minimum Gasteiger partial charge on any atom is -0.548 e. The molecule has 0 N–H and O–H groups in total. The average Bonchev–Trinajstić information content (AvgIpc) is 2.81. The third-order valence-electron chi connectivity index (χ3n) is 3.08. The molecular formula is C15H14NaOSi. The Balaban J connectivity index is 0.00000120. The minimum atomic E-state index is -0.606. The molecule has 0 spiro atoms. The number of hydrogen-bond donors (Lipinski definition) is 0. The van der Waals surface area contributed by atoms with Gasteiger partial charge in [-0.2, -0.15) is 0 Å². The van der Waals surface area contributed by atoms with Crippen molar-refractivity contribution < 1.29 is 4.43 Å². The number of benzene rings is 2. The summed E-state index contributed by atoms with van der Waals surface area (Å²) in [5.41, 5.74) is 3.29. The van der Waals surface area contributed by atoms with Gasteiger partial charge in [0.05, 0.1) is 0 Å². The minimum absolute atomic E-state index is 0. The Bertz CT molecular complexity index is 539. The van der Waals surface area contributed by atoms with E-state index in [2.05, 4.69) is 36.4 Å². The Morgan fingerprint density at radius 3 is 2.44 bits per heavy atom. The molecule has 0 saturated carbocycles. The standard InChI is InChI=1S/C15H14OSi.Na/c1-2-7-13(8-3-1)16-17-15-11-10-12-6-4-5-9-14(12)15;/h1-11,15H,17H2;. The molecule has 0 saturated heterocycles. The molecule has 1 unspecified atom stereocenters. The van der Waals surface area contributed by atoms with E-state index in [1.165, 1.54) is 11.1 Å². The van der Waals surface area contributed by atoms with E-state index in [1.54, 1.807) is 0 Å². The monoisotopic (exact) mass is 261 g/mol. The molecule has 85 valence electrons. The molecule has 3 heteroatoms. The summed E-state index contributed by atoms with van der Waals surface area (Å²) in [5.74, 6) is 0.997. The summed E-state index contributed by atoms with van der Waals surface area (Å²) in [6.07, 6.45) is 4.49. The number of hydrogen-bond acceptors (Lipinski definition) is 1. The van der Waals surface area contributed by atoms with Crippen LogP contribution in [-0.4, -0.2) is 39.3 Å². The van der Waals surface area contributed by atoms with E-state index >= 15 is 0 Å². The molecule has 0 amide bonds. The van der Waals surface area contributed by atoms with E-state index in [0.29, 0.717) is 5.54 Å². The summed E-state index contributed by atoms with van der Waals surface area (Å²) in [5, 5.41) is 0. The van der Waals surface area contributed by atoms with Crippen molar-refractivity contribution in [2.45, 2.75) is 5.54 Å². The van der Waals surface area contributed by atoms with Crippen LogP contribution in [-0.2, 0) is 0 Å². The number of rotatable bonds is 3. The second kappa shape index (κ2) is 6.39. The summed E-state index contributed by atoms with van der Waals surface area (Å²) >= 11 is 0. The van der Waals surface area contributed by atoms with E-state index in [0.717, 1.165) is 5.75 Å². The van der Waals surface area contributed by atoms with Gasteiger partial charge >= 0.3 is 0 Å². The molecule has 1 radical (unpaired) electrons. The zero-order valence-electron chi connectivity index (χ0n) is 10.5. The predicted molar refractivity (Wildman–Crippen MR) is 79.6 cm³/mol. The molecule has 18 heavy (non-hydrogen) atoms. The molecule has 0 heterocycles. The van der Waals surface area contributed by atoms with Crippen LogP contribution in [0, 0.1) is 0 Å². The van der Waals surface area contributed by atoms with Gasteiger partial charge in [-0.3, -0.25) is 0 Å². The average molecular weight is 261 g/mol. The third-order valence-corrected chi connectivity index (χ3v) is 4.65. The van der Waals surface area contributed by atoms with Gasteiger partial charge in [0, 0.05) is 35.1 Å². The van der Waals surface area contributed by atoms with E-state index in [9.17, 15) is 0 Å². The molecule has 1 atom stereocenters. The van der Waals surface area contributed by atoms with Crippen molar-refractivity contribution in [2.75, 3.05) is 0 Å². The second-order valence-electron chi connectivity index (χ2n) is 4.22. The van der Waals surface area contributed by atoms with E-state index in [4.69, 9.17) is 4.43 Å². The molecule has 2 aromatic carbocycles. The maximum absolute atomic E-state index is 5.93. The molecular weight excluding hydrogens is 247 g/mol. The van der Waals surface area contributed by atoms with Crippen molar-refractivity contribution in [2.24, 2.45) is 0 Å². The second-order valence-corrected chi connectivity index (χ2v) is 5.72. The van der Waals surface area contributed by atoms with E-state index in [1.807, 2.05) is 30.3 Å². The SMILES string of the molecule is C1=CC([SiH2]Oc2ccccc2)c2ccccc21.[Na]. The van der Waals surface area contributed by atoms with Crippen LogP contribution in [0.15, 0.2) is 60.7 Å². The normalized spacial score (nSPS) is 16.6. The third kappa shape index (κ3) is 2.95. The molecule has 2 aromatic rings. The molecule has 0 aliphatic heterocycles. The van der Waals surface area contributed by atoms with Crippen molar-refractivity contribution >= 4 is 45.4 Å². The van der Waals surface area contributed by atoms with Crippen molar-refractivity contribution in [1.29, 1.82) is 0 Å². The first-order valence-corrected chi connectivity index (χ1v) is 7.28. The summed E-state index contributed by atoms with van der Waals surface area (Å²) in [7, 11) is -0.606. The van der Waals surface area contributed by atoms with Crippen molar-refractivity contribution in [3.8, 4) is 5.75 Å². The molecule has 1 aliphatic rings. The topological polar surface area (TPSA) is 9.23 Å². The molecule has 1 nitrogen and oxygen atoms in total. The first kappa shape index (κ1) is 13.6. The van der Waals surface area contributed by atoms with Crippen LogP contribution in [0.3, 0.4) is 0 Å². The van der Waals surface area contributed by atoms with Crippen molar-refractivity contribution in [3.63, 3.8) is 0 Å².